The van der Waals surface area contributed by atoms with Crippen LogP contribution < -0.4 is 5.73 Å². The van der Waals surface area contributed by atoms with E-state index in [-0.39, 0.29) is 10.9 Å². The maximum atomic E-state index is 11.4. The molecule has 80 valence electrons. The number of rotatable bonds is 5. The molecule has 0 rings (SSSR count). The smallest absolute Gasteiger partial charge is 0.0598 e. The van der Waals surface area contributed by atoms with Gasteiger partial charge >= 0.3 is 0 Å². The molecule has 0 amide bonds. The van der Waals surface area contributed by atoms with Crippen LogP contribution in [-0.4, -0.2) is 34.0 Å². The Balaban J connectivity index is 3.60. The van der Waals surface area contributed by atoms with Crippen LogP contribution in [0.3, 0.4) is 0 Å². The molecule has 0 saturated carbocycles. The number of ether oxygens (including phenoxy) is 1. The molecule has 0 spiro atoms. The monoisotopic (exact) mass is 207 g/mol. The summed E-state index contributed by atoms with van der Waals surface area (Å²) in [6.07, 6.45) is 0. The lowest BCUT2D eigenvalue weighted by molar-refractivity contribution is 0.00665. The van der Waals surface area contributed by atoms with Gasteiger partial charge in [-0.3, -0.25) is 4.21 Å². The van der Waals surface area contributed by atoms with Crippen LogP contribution in [0.15, 0.2) is 0 Å². The second-order valence-electron chi connectivity index (χ2n) is 4.09. The highest BCUT2D eigenvalue weighted by atomic mass is 32.2. The second kappa shape index (κ2) is 5.73. The quantitative estimate of drug-likeness (QED) is 0.728. The highest BCUT2D eigenvalue weighted by molar-refractivity contribution is 7.85. The molecule has 0 aliphatic carbocycles. The van der Waals surface area contributed by atoms with E-state index in [1.54, 1.807) is 0 Å². The Bertz CT molecular complexity index is 165. The van der Waals surface area contributed by atoms with Crippen LogP contribution >= 0.6 is 0 Å². The van der Waals surface area contributed by atoms with Gasteiger partial charge in [-0.2, -0.15) is 0 Å². The molecule has 0 aromatic rings. The molecule has 2 atom stereocenters. The third-order valence-electron chi connectivity index (χ3n) is 1.60. The van der Waals surface area contributed by atoms with E-state index >= 15 is 0 Å². The van der Waals surface area contributed by atoms with E-state index in [1.807, 2.05) is 27.7 Å². The van der Waals surface area contributed by atoms with Crippen molar-refractivity contribution in [2.24, 2.45) is 5.73 Å². The molecule has 2 N–H and O–H groups in total. The Morgan fingerprint density at radius 3 is 2.38 bits per heavy atom. The summed E-state index contributed by atoms with van der Waals surface area (Å²) >= 11 is 0. The fraction of sp³-hybridized carbons (Fsp3) is 1.00. The summed E-state index contributed by atoms with van der Waals surface area (Å²) in [5.74, 6) is 0.579. The van der Waals surface area contributed by atoms with Crippen LogP contribution in [0.4, 0.5) is 0 Å². The largest absolute Gasteiger partial charge is 0.375 e. The third-order valence-corrected chi connectivity index (χ3v) is 3.26. The molecule has 2 unspecified atom stereocenters. The molecule has 3 nitrogen and oxygen atoms in total. The van der Waals surface area contributed by atoms with Crippen molar-refractivity contribution >= 4 is 10.8 Å². The minimum absolute atomic E-state index is 0.0727. The van der Waals surface area contributed by atoms with Crippen molar-refractivity contribution in [1.29, 1.82) is 0 Å². The summed E-state index contributed by atoms with van der Waals surface area (Å²) in [5, 5.41) is 0.0727. The van der Waals surface area contributed by atoms with Gasteiger partial charge in [0, 0.05) is 28.3 Å². The van der Waals surface area contributed by atoms with Gasteiger partial charge in [0.25, 0.3) is 0 Å². The van der Waals surface area contributed by atoms with E-state index in [0.29, 0.717) is 18.9 Å². The van der Waals surface area contributed by atoms with Crippen LogP contribution in [-0.2, 0) is 15.5 Å². The van der Waals surface area contributed by atoms with Crippen LogP contribution in [0.2, 0.25) is 0 Å². The summed E-state index contributed by atoms with van der Waals surface area (Å²) < 4.78 is 16.9. The first kappa shape index (κ1) is 13.1. The molecule has 4 heteroatoms. The zero-order valence-corrected chi connectivity index (χ0v) is 9.82. The Kier molecular flexibility index (Phi) is 5.76. The molecule has 0 aliphatic heterocycles. The van der Waals surface area contributed by atoms with Gasteiger partial charge in [0.1, 0.15) is 0 Å². The molecule has 0 fully saturated rings. The molecular weight excluding hydrogens is 186 g/mol. The summed E-state index contributed by atoms with van der Waals surface area (Å²) in [5.41, 5.74) is 5.25. The van der Waals surface area contributed by atoms with Crippen LogP contribution in [0.1, 0.15) is 27.7 Å². The van der Waals surface area contributed by atoms with E-state index in [4.69, 9.17) is 10.5 Å². The fourth-order valence-electron chi connectivity index (χ4n) is 0.738. The van der Waals surface area contributed by atoms with Crippen molar-refractivity contribution in [3.63, 3.8) is 0 Å². The van der Waals surface area contributed by atoms with Gasteiger partial charge in [0.2, 0.25) is 0 Å². The first-order valence-corrected chi connectivity index (χ1v) is 5.96. The average Bonchev–Trinajstić information content (AvgIpc) is 2.00. The van der Waals surface area contributed by atoms with Gasteiger partial charge in [-0.15, -0.1) is 0 Å². The van der Waals surface area contributed by atoms with E-state index < -0.39 is 10.8 Å². The lowest BCUT2D eigenvalue weighted by atomic mass is 10.2. The molecule has 0 saturated heterocycles. The topological polar surface area (TPSA) is 52.3 Å². The molecule has 0 aromatic carbocycles. The minimum atomic E-state index is -0.849. The van der Waals surface area contributed by atoms with E-state index in [1.165, 1.54) is 0 Å². The zero-order chi connectivity index (χ0) is 10.5. The number of nitrogens with two attached hydrogens (primary N) is 1. The Morgan fingerprint density at radius 2 is 2.00 bits per heavy atom. The van der Waals surface area contributed by atoms with E-state index in [0.717, 1.165) is 0 Å². The minimum Gasteiger partial charge on any atom is -0.375 e. The predicted molar refractivity (Wildman–Crippen MR) is 57.2 cm³/mol. The van der Waals surface area contributed by atoms with Crippen molar-refractivity contribution in [3.05, 3.63) is 0 Å². The van der Waals surface area contributed by atoms with Gasteiger partial charge in [-0.05, 0) is 27.7 Å². The molecule has 0 heterocycles. The summed E-state index contributed by atoms with van der Waals surface area (Å²) in [6.45, 7) is 8.88. The van der Waals surface area contributed by atoms with Crippen molar-refractivity contribution in [2.75, 3.05) is 18.9 Å². The van der Waals surface area contributed by atoms with E-state index in [2.05, 4.69) is 0 Å². The Labute approximate surface area is 83.5 Å². The lowest BCUT2D eigenvalue weighted by Gasteiger charge is -2.19. The molecule has 0 aromatic heterocycles. The molecule has 0 radical (unpaired) electrons. The average molecular weight is 207 g/mol. The fourth-order valence-corrected chi connectivity index (χ4v) is 1.60. The Morgan fingerprint density at radius 1 is 1.46 bits per heavy atom. The van der Waals surface area contributed by atoms with Crippen molar-refractivity contribution in [3.8, 4) is 0 Å². The van der Waals surface area contributed by atoms with Crippen molar-refractivity contribution in [1.82, 2.24) is 0 Å². The maximum Gasteiger partial charge on any atom is 0.0598 e. The molecular formula is C9H21NO2S. The van der Waals surface area contributed by atoms with Crippen LogP contribution in [0, 0.1) is 0 Å². The SMILES string of the molecule is CC(CN)S(=O)CCOC(C)(C)C. The van der Waals surface area contributed by atoms with Gasteiger partial charge in [-0.1, -0.05) is 0 Å². The lowest BCUT2D eigenvalue weighted by Crippen LogP contribution is -2.27. The van der Waals surface area contributed by atoms with Crippen molar-refractivity contribution < 1.29 is 8.95 Å². The van der Waals surface area contributed by atoms with Crippen molar-refractivity contribution in [2.45, 2.75) is 38.5 Å². The zero-order valence-electron chi connectivity index (χ0n) is 9.00. The number of hydrogen-bond donors (Lipinski definition) is 1. The van der Waals surface area contributed by atoms with Gasteiger partial charge in [0.05, 0.1) is 12.2 Å². The molecule has 0 bridgehead atoms. The molecule has 0 aliphatic rings. The normalized spacial score (nSPS) is 17.0. The first-order valence-electron chi connectivity index (χ1n) is 4.58. The Hall–Kier alpha value is 0.0700. The predicted octanol–water partition coefficient (Wildman–Crippen LogP) is 0.897. The van der Waals surface area contributed by atoms with Gasteiger partial charge in [0.15, 0.2) is 0 Å². The van der Waals surface area contributed by atoms with Crippen LogP contribution in [0.25, 0.3) is 0 Å². The van der Waals surface area contributed by atoms with Gasteiger partial charge in [-0.25, -0.2) is 0 Å². The summed E-state index contributed by atoms with van der Waals surface area (Å²) in [6, 6.07) is 0. The molecule has 13 heavy (non-hydrogen) atoms. The number of hydrogen-bond acceptors (Lipinski definition) is 3. The maximum absolute atomic E-state index is 11.4. The third kappa shape index (κ3) is 7.16. The van der Waals surface area contributed by atoms with Crippen LogP contribution in [0.5, 0.6) is 0 Å². The standard InChI is InChI=1S/C9H21NO2S/c1-8(7-10)13(11)6-5-12-9(2,3)4/h8H,5-7,10H2,1-4H3. The summed E-state index contributed by atoms with van der Waals surface area (Å²) in [4.78, 5) is 0. The first-order chi connectivity index (χ1) is 5.87. The second-order valence-corrected chi connectivity index (χ2v) is 6.07. The van der Waals surface area contributed by atoms with Gasteiger partial charge < -0.3 is 10.5 Å². The summed E-state index contributed by atoms with van der Waals surface area (Å²) in [7, 11) is -0.849. The van der Waals surface area contributed by atoms with E-state index in [9.17, 15) is 4.21 Å². The highest BCUT2D eigenvalue weighted by Crippen LogP contribution is 2.06. The highest BCUT2D eigenvalue weighted by Gasteiger charge is 2.12.